The van der Waals surface area contributed by atoms with Gasteiger partial charge in [-0.15, -0.1) is 0 Å². The van der Waals surface area contributed by atoms with Crippen molar-refractivity contribution in [3.05, 3.63) is 87.6 Å². The molecule has 0 amide bonds. The fraction of sp³-hybridized carbons (Fsp3) is 0.510. The lowest BCUT2D eigenvalue weighted by Gasteiger charge is -2.64. The van der Waals surface area contributed by atoms with Crippen LogP contribution >= 0.6 is 11.6 Å². The molecule has 1 saturated heterocycles. The van der Waals surface area contributed by atoms with E-state index in [1.54, 1.807) is 48.1 Å². The van der Waals surface area contributed by atoms with E-state index in [9.17, 15) is 24.3 Å². The standard InChI is InChI=1S/C49H54ClN2O10/c1-28-36(37-23-35(58-3)15-16-38(37)51(28)46(55)32-10-13-34(50)14-11-32)24-42(54)59-26-30-6-8-31(9-7-30)27-60-47(56)61-40-17-12-33-22-41-49(57)19-18-39(53)45-48(49,43(33)44(40)62-45)20-21-52(41,2)25-29-4-5-29/h10-17,23,29-31,41,45,57H,4-9,18-22,24-27H2,1-3H3/q+1/t30?,31?,41?,45-,48?,49+,52?/m0/s1. The molecule has 6 aliphatic rings. The van der Waals surface area contributed by atoms with Crippen LogP contribution in [0.3, 0.4) is 0 Å². The highest BCUT2D eigenvalue weighted by Crippen LogP contribution is 2.66. The lowest BCUT2D eigenvalue weighted by atomic mass is 9.48. The Morgan fingerprint density at radius 2 is 1.65 bits per heavy atom. The van der Waals surface area contributed by atoms with Crippen molar-refractivity contribution >= 4 is 46.3 Å². The van der Waals surface area contributed by atoms with Gasteiger partial charge >= 0.3 is 12.1 Å². The smallest absolute Gasteiger partial charge is 0.497 e. The van der Waals surface area contributed by atoms with Gasteiger partial charge in [0.1, 0.15) is 17.4 Å². The Morgan fingerprint density at radius 3 is 2.35 bits per heavy atom. The van der Waals surface area contributed by atoms with Crippen molar-refractivity contribution in [1.29, 1.82) is 0 Å². The SMILES string of the molecule is COc1ccc2c(c1)c(CC(=O)OCC1CCC(COC(=O)Oc3ccc4c5c3O[C@H]3C(=O)CC[C@@]6(O)C(C4)[N+](C)(CC4CC4)CCC536)CC1)c(C)n2C(=O)c1ccc(Cl)cc1. The number of fused-ring (bicyclic) bond motifs is 1. The fourth-order valence-electron chi connectivity index (χ4n) is 12.1. The van der Waals surface area contributed by atoms with Crippen molar-refractivity contribution in [2.75, 3.05) is 40.5 Å². The number of piperidine rings is 1. The number of likely N-dealkylation sites (tertiary alicyclic amines) is 1. The van der Waals surface area contributed by atoms with Crippen molar-refractivity contribution in [3.63, 3.8) is 0 Å². The van der Waals surface area contributed by atoms with Crippen LogP contribution in [-0.4, -0.2) is 96.2 Å². The molecule has 1 aromatic heterocycles. The van der Waals surface area contributed by atoms with Gasteiger partial charge in [-0.2, -0.15) is 0 Å². The maximum absolute atomic E-state index is 13.7. The summed E-state index contributed by atoms with van der Waals surface area (Å²) in [5.41, 5.74) is 2.49. The molecular weight excluding hydrogens is 812 g/mol. The first-order valence-corrected chi connectivity index (χ1v) is 22.6. The zero-order valence-electron chi connectivity index (χ0n) is 35.6. The Bertz CT molecular complexity index is 2490. The van der Waals surface area contributed by atoms with Gasteiger partial charge in [-0.3, -0.25) is 19.0 Å². The van der Waals surface area contributed by atoms with Gasteiger partial charge in [0.05, 0.1) is 57.8 Å². The predicted octanol–water partition coefficient (Wildman–Crippen LogP) is 7.69. The van der Waals surface area contributed by atoms with Crippen LogP contribution in [-0.2, 0) is 37.3 Å². The number of aliphatic hydroxyl groups is 1. The summed E-state index contributed by atoms with van der Waals surface area (Å²) in [4.78, 5) is 53.8. The number of quaternary nitrogens is 1. The monoisotopic (exact) mass is 865 g/mol. The van der Waals surface area contributed by atoms with Gasteiger partial charge in [-0.1, -0.05) is 17.7 Å². The predicted molar refractivity (Wildman–Crippen MR) is 229 cm³/mol. The van der Waals surface area contributed by atoms with Crippen LogP contribution in [0, 0.1) is 24.7 Å². The molecule has 4 fully saturated rings. The summed E-state index contributed by atoms with van der Waals surface area (Å²) in [6, 6.07) is 15.9. The van der Waals surface area contributed by atoms with Gasteiger partial charge < -0.3 is 33.3 Å². The quantitative estimate of drug-likeness (QED) is 0.0908. The number of carbonyl (C=O) groups is 4. The summed E-state index contributed by atoms with van der Waals surface area (Å²) >= 11 is 6.07. The normalized spacial score (nSPS) is 29.4. The van der Waals surface area contributed by atoms with Crippen molar-refractivity contribution < 1.29 is 52.5 Å². The molecule has 5 atom stereocenters. The van der Waals surface area contributed by atoms with E-state index in [1.807, 2.05) is 25.1 Å². The zero-order chi connectivity index (χ0) is 43.1. The minimum atomic E-state index is -1.09. The molecular formula is C49H54ClN2O10+. The summed E-state index contributed by atoms with van der Waals surface area (Å²) in [6.45, 7) is 4.22. The Morgan fingerprint density at radius 1 is 0.935 bits per heavy atom. The largest absolute Gasteiger partial charge is 0.513 e. The van der Waals surface area contributed by atoms with Gasteiger partial charge in [0, 0.05) is 52.4 Å². The molecule has 326 valence electrons. The van der Waals surface area contributed by atoms with Crippen LogP contribution in [0.25, 0.3) is 10.9 Å². The highest BCUT2D eigenvalue weighted by Gasteiger charge is 2.76. The molecule has 3 saturated carbocycles. The van der Waals surface area contributed by atoms with E-state index in [1.165, 1.54) is 12.8 Å². The molecule has 4 aromatic rings. The first kappa shape index (κ1) is 41.1. The molecule has 3 unspecified atom stereocenters. The lowest BCUT2D eigenvalue weighted by Crippen LogP contribution is -2.80. The van der Waals surface area contributed by atoms with E-state index in [4.69, 9.17) is 35.3 Å². The van der Waals surface area contributed by atoms with Crippen LogP contribution in [0.15, 0.2) is 54.6 Å². The number of carbonyl (C=O) groups excluding carboxylic acids is 4. The van der Waals surface area contributed by atoms with Crippen molar-refractivity contribution in [2.45, 2.75) is 101 Å². The van der Waals surface area contributed by atoms with Crippen LogP contribution in [0.1, 0.15) is 90.5 Å². The number of esters is 1. The number of hydrogen-bond acceptors (Lipinski definition) is 10. The number of rotatable bonds is 11. The van der Waals surface area contributed by atoms with E-state index in [0.29, 0.717) is 64.0 Å². The molecule has 2 aliphatic heterocycles. The molecule has 2 bridgehead atoms. The van der Waals surface area contributed by atoms with Gasteiger partial charge in [0.2, 0.25) is 0 Å². The molecule has 1 N–H and O–H groups in total. The van der Waals surface area contributed by atoms with Gasteiger partial charge in [0.15, 0.2) is 23.4 Å². The second kappa shape index (κ2) is 15.4. The molecule has 62 heavy (non-hydrogen) atoms. The Kier molecular flexibility index (Phi) is 10.2. The van der Waals surface area contributed by atoms with Crippen LogP contribution in [0.4, 0.5) is 4.79 Å². The van der Waals surface area contributed by atoms with Crippen LogP contribution in [0.5, 0.6) is 17.2 Å². The first-order valence-electron chi connectivity index (χ1n) is 22.2. The number of hydrogen-bond donors (Lipinski definition) is 1. The first-order chi connectivity index (χ1) is 29.8. The van der Waals surface area contributed by atoms with Gasteiger partial charge in [-0.05, 0) is 123 Å². The van der Waals surface area contributed by atoms with E-state index < -0.39 is 23.3 Å². The second-order valence-electron chi connectivity index (χ2n) is 19.1. The van der Waals surface area contributed by atoms with Crippen LogP contribution < -0.4 is 14.2 Å². The van der Waals surface area contributed by atoms with Crippen molar-refractivity contribution in [3.8, 4) is 17.2 Å². The second-order valence-corrected chi connectivity index (χ2v) is 19.5. The maximum atomic E-state index is 13.7. The third-order valence-electron chi connectivity index (χ3n) is 15.5. The molecule has 0 radical (unpaired) electrons. The van der Waals surface area contributed by atoms with E-state index in [-0.39, 0.29) is 67.3 Å². The molecule has 10 rings (SSSR count). The Labute approximate surface area is 365 Å². The number of ether oxygens (including phenoxy) is 5. The number of likely N-dealkylation sites (N-methyl/N-ethyl adjacent to an activating group) is 1. The summed E-state index contributed by atoms with van der Waals surface area (Å²) in [7, 11) is 3.86. The summed E-state index contributed by atoms with van der Waals surface area (Å²) in [5, 5.41) is 14.0. The van der Waals surface area contributed by atoms with E-state index in [0.717, 1.165) is 59.8 Å². The number of nitrogens with zero attached hydrogens (tertiary/aromatic N) is 2. The Balaban J connectivity index is 0.745. The third-order valence-corrected chi connectivity index (χ3v) is 15.7. The molecule has 13 heteroatoms. The number of Topliss-reactive ketones (excluding diaryl/α,β-unsaturated/α-hetero) is 1. The molecule has 3 aromatic carbocycles. The number of methoxy groups -OCH3 is 1. The van der Waals surface area contributed by atoms with E-state index in [2.05, 4.69) is 7.05 Å². The number of benzene rings is 3. The maximum Gasteiger partial charge on any atom is 0.513 e. The van der Waals surface area contributed by atoms with Crippen molar-refractivity contribution in [2.24, 2.45) is 17.8 Å². The Hall–Kier alpha value is -4.91. The molecule has 4 aliphatic carbocycles. The third kappa shape index (κ3) is 6.70. The van der Waals surface area contributed by atoms with Gasteiger partial charge in [-0.25, -0.2) is 4.79 Å². The average molecular weight is 866 g/mol. The van der Waals surface area contributed by atoms with E-state index >= 15 is 0 Å². The number of halogens is 1. The highest BCUT2D eigenvalue weighted by atomic mass is 35.5. The summed E-state index contributed by atoms with van der Waals surface area (Å²) in [6.07, 6.45) is 6.10. The number of aromatic nitrogens is 1. The minimum absolute atomic E-state index is 0.00183. The highest BCUT2D eigenvalue weighted by molar-refractivity contribution is 6.30. The van der Waals surface area contributed by atoms with Crippen molar-refractivity contribution in [1.82, 2.24) is 4.57 Å². The summed E-state index contributed by atoms with van der Waals surface area (Å²) < 4.78 is 31.7. The van der Waals surface area contributed by atoms with Crippen LogP contribution in [0.2, 0.25) is 5.02 Å². The van der Waals surface area contributed by atoms with Gasteiger partial charge in [0.25, 0.3) is 5.91 Å². The topological polar surface area (TPSA) is 140 Å². The number of ketones is 1. The molecule has 12 nitrogen and oxygen atoms in total. The summed E-state index contributed by atoms with van der Waals surface area (Å²) in [5.74, 6) is 1.64. The minimum Gasteiger partial charge on any atom is -0.497 e. The average Bonchev–Trinajstić information content (AvgIpc) is 3.94. The zero-order valence-corrected chi connectivity index (χ0v) is 36.3. The molecule has 1 spiro atoms. The fourth-order valence-corrected chi connectivity index (χ4v) is 12.2. The lowest BCUT2D eigenvalue weighted by molar-refractivity contribution is -0.950. The molecule has 3 heterocycles.